The van der Waals surface area contributed by atoms with Crippen molar-refractivity contribution in [3.05, 3.63) is 42.1 Å². The van der Waals surface area contributed by atoms with Crippen LogP contribution in [0.1, 0.15) is 36.2 Å². The summed E-state index contributed by atoms with van der Waals surface area (Å²) in [6.07, 6.45) is 4.55. The van der Waals surface area contributed by atoms with Gasteiger partial charge < -0.3 is 14.7 Å². The third kappa shape index (κ3) is 2.77. The van der Waals surface area contributed by atoms with Gasteiger partial charge in [0.15, 0.2) is 11.5 Å². The second-order valence-corrected chi connectivity index (χ2v) is 6.63. The van der Waals surface area contributed by atoms with Crippen LogP contribution in [0.15, 0.2) is 40.9 Å². The van der Waals surface area contributed by atoms with Gasteiger partial charge in [-0.25, -0.2) is 0 Å². The van der Waals surface area contributed by atoms with Crippen LogP contribution in [0.4, 0.5) is 0 Å². The fourth-order valence-corrected chi connectivity index (χ4v) is 3.91. The predicted molar refractivity (Wildman–Crippen MR) is 87.0 cm³/mol. The Balaban J connectivity index is 1.43. The summed E-state index contributed by atoms with van der Waals surface area (Å²) in [5.41, 5.74) is 1.28. The summed E-state index contributed by atoms with van der Waals surface area (Å²) in [6, 6.07) is 12.9. The zero-order valence-electron chi connectivity index (χ0n) is 13.2. The van der Waals surface area contributed by atoms with E-state index in [1.807, 2.05) is 30.3 Å². The number of rotatable bonds is 3. The molecule has 5 heteroatoms. The number of nitrogens with zero attached hydrogens (tertiary/aromatic N) is 2. The second kappa shape index (κ2) is 5.81. The van der Waals surface area contributed by atoms with E-state index in [1.54, 1.807) is 6.07 Å². The number of fused-ring (bicyclic) bond motifs is 2. The maximum atomic E-state index is 12.4. The topological polar surface area (TPSA) is 58.4 Å². The highest BCUT2D eigenvalue weighted by atomic mass is 16.5. The summed E-state index contributed by atoms with van der Waals surface area (Å²) in [4.78, 5) is 14.9. The van der Waals surface area contributed by atoms with Gasteiger partial charge in [-0.1, -0.05) is 35.5 Å². The van der Waals surface area contributed by atoms with Gasteiger partial charge in [-0.15, -0.1) is 0 Å². The molecule has 0 spiro atoms. The van der Waals surface area contributed by atoms with E-state index in [0.29, 0.717) is 23.5 Å². The van der Waals surface area contributed by atoms with Crippen molar-refractivity contribution >= 4 is 5.91 Å². The monoisotopic (exact) mass is 311 g/mol. The van der Waals surface area contributed by atoms with Gasteiger partial charge in [0.2, 0.25) is 0 Å². The van der Waals surface area contributed by atoms with Gasteiger partial charge in [0.25, 0.3) is 5.91 Å². The van der Waals surface area contributed by atoms with Crippen LogP contribution < -0.4 is 5.32 Å². The molecule has 1 N–H and O–H groups in total. The van der Waals surface area contributed by atoms with Gasteiger partial charge in [0, 0.05) is 29.8 Å². The van der Waals surface area contributed by atoms with Crippen molar-refractivity contribution in [1.82, 2.24) is 15.4 Å². The van der Waals surface area contributed by atoms with E-state index >= 15 is 0 Å². The lowest BCUT2D eigenvalue weighted by Gasteiger charge is -2.36. The lowest BCUT2D eigenvalue weighted by molar-refractivity contribution is 0.0874. The minimum atomic E-state index is -0.134. The molecule has 0 aliphatic carbocycles. The van der Waals surface area contributed by atoms with Crippen LogP contribution in [0.2, 0.25) is 0 Å². The Morgan fingerprint density at radius 1 is 1.22 bits per heavy atom. The number of piperidine rings is 1. The van der Waals surface area contributed by atoms with Crippen molar-refractivity contribution in [2.75, 3.05) is 7.05 Å². The van der Waals surface area contributed by atoms with E-state index < -0.39 is 0 Å². The van der Waals surface area contributed by atoms with Crippen molar-refractivity contribution in [2.45, 2.75) is 43.8 Å². The molecule has 2 aliphatic rings. The van der Waals surface area contributed by atoms with Crippen LogP contribution >= 0.6 is 0 Å². The first kappa shape index (κ1) is 14.5. The van der Waals surface area contributed by atoms with E-state index in [9.17, 15) is 4.79 Å². The molecule has 2 aliphatic heterocycles. The van der Waals surface area contributed by atoms with Crippen LogP contribution in [0.25, 0.3) is 11.3 Å². The lowest BCUT2D eigenvalue weighted by Crippen LogP contribution is -2.48. The maximum absolute atomic E-state index is 12.4. The molecule has 23 heavy (non-hydrogen) atoms. The SMILES string of the molecule is CN1[C@@H]2CC[C@@H]1CC(NC(=O)c1cc(-c3ccccc3)on1)C2. The molecule has 0 saturated carbocycles. The molecule has 4 rings (SSSR count). The van der Waals surface area contributed by atoms with E-state index in [-0.39, 0.29) is 11.9 Å². The number of carbonyl (C=O) groups excluding carboxylic acids is 1. The summed E-state index contributed by atoms with van der Waals surface area (Å²) in [5.74, 6) is 0.490. The smallest absolute Gasteiger partial charge is 0.273 e. The maximum Gasteiger partial charge on any atom is 0.273 e. The molecular weight excluding hydrogens is 290 g/mol. The van der Waals surface area contributed by atoms with Gasteiger partial charge in [-0.05, 0) is 32.7 Å². The van der Waals surface area contributed by atoms with Crippen molar-refractivity contribution in [3.63, 3.8) is 0 Å². The summed E-state index contributed by atoms with van der Waals surface area (Å²) in [6.45, 7) is 0. The van der Waals surface area contributed by atoms with Crippen LogP contribution in [0.5, 0.6) is 0 Å². The third-order valence-electron chi connectivity index (χ3n) is 5.23. The molecule has 3 heterocycles. The first-order valence-corrected chi connectivity index (χ1v) is 8.25. The van der Waals surface area contributed by atoms with Crippen LogP contribution in [-0.4, -0.2) is 41.1 Å². The highest BCUT2D eigenvalue weighted by Crippen LogP contribution is 2.34. The molecule has 120 valence electrons. The molecule has 2 fully saturated rings. The molecule has 2 bridgehead atoms. The largest absolute Gasteiger partial charge is 0.355 e. The first-order chi connectivity index (χ1) is 11.2. The number of hydrogen-bond donors (Lipinski definition) is 1. The van der Waals surface area contributed by atoms with E-state index in [2.05, 4.69) is 22.4 Å². The van der Waals surface area contributed by atoms with Crippen molar-refractivity contribution in [3.8, 4) is 11.3 Å². The number of amides is 1. The highest BCUT2D eigenvalue weighted by molar-refractivity contribution is 5.93. The number of aromatic nitrogens is 1. The van der Waals surface area contributed by atoms with Crippen LogP contribution in [0, 0.1) is 0 Å². The summed E-state index contributed by atoms with van der Waals surface area (Å²) >= 11 is 0. The Morgan fingerprint density at radius 2 is 1.91 bits per heavy atom. The first-order valence-electron chi connectivity index (χ1n) is 8.25. The van der Waals surface area contributed by atoms with Gasteiger partial charge >= 0.3 is 0 Å². The molecular formula is C18H21N3O2. The Morgan fingerprint density at radius 3 is 2.61 bits per heavy atom. The third-order valence-corrected chi connectivity index (χ3v) is 5.23. The molecule has 0 radical (unpaired) electrons. The van der Waals surface area contributed by atoms with Gasteiger partial charge in [0.1, 0.15) is 0 Å². The second-order valence-electron chi connectivity index (χ2n) is 6.63. The summed E-state index contributed by atoms with van der Waals surface area (Å²) in [7, 11) is 2.20. The minimum absolute atomic E-state index is 0.134. The average molecular weight is 311 g/mol. The zero-order chi connectivity index (χ0) is 15.8. The van der Waals surface area contributed by atoms with E-state index in [4.69, 9.17) is 4.52 Å². The fraction of sp³-hybridized carbons (Fsp3) is 0.444. The number of carbonyl (C=O) groups is 1. The number of benzene rings is 1. The molecule has 1 amide bonds. The minimum Gasteiger partial charge on any atom is -0.355 e. The summed E-state index contributed by atoms with van der Waals surface area (Å²) in [5, 5.41) is 7.06. The molecule has 2 saturated heterocycles. The van der Waals surface area contributed by atoms with Gasteiger partial charge in [0.05, 0.1) is 0 Å². The number of nitrogens with one attached hydrogen (secondary N) is 1. The van der Waals surface area contributed by atoms with Crippen LogP contribution in [-0.2, 0) is 0 Å². The quantitative estimate of drug-likeness (QED) is 0.947. The predicted octanol–water partition coefficient (Wildman–Crippen LogP) is 2.70. The Kier molecular flexibility index (Phi) is 3.65. The van der Waals surface area contributed by atoms with Gasteiger partial charge in [-0.2, -0.15) is 0 Å². The van der Waals surface area contributed by atoms with Crippen molar-refractivity contribution in [1.29, 1.82) is 0 Å². The Bertz CT molecular complexity index is 683. The van der Waals surface area contributed by atoms with Gasteiger partial charge in [-0.3, -0.25) is 4.79 Å². The zero-order valence-corrected chi connectivity index (χ0v) is 13.2. The van der Waals surface area contributed by atoms with Crippen LogP contribution in [0.3, 0.4) is 0 Å². The molecule has 2 aromatic rings. The standard InChI is InChI=1S/C18H21N3O2/c1-21-14-7-8-15(21)10-13(9-14)19-18(22)16-11-17(23-20-16)12-5-3-2-4-6-12/h2-6,11,13-15H,7-10H2,1H3,(H,19,22)/t14-,15-/m1/s1. The normalized spacial score (nSPS) is 27.1. The average Bonchev–Trinajstić information content (AvgIpc) is 3.12. The Labute approximate surface area is 135 Å². The molecule has 1 aromatic carbocycles. The molecule has 5 nitrogen and oxygen atoms in total. The summed E-state index contributed by atoms with van der Waals surface area (Å²) < 4.78 is 5.31. The lowest BCUT2D eigenvalue weighted by atomic mass is 9.98. The molecule has 0 unspecified atom stereocenters. The highest BCUT2D eigenvalue weighted by Gasteiger charge is 2.39. The van der Waals surface area contributed by atoms with E-state index in [1.165, 1.54) is 12.8 Å². The van der Waals surface area contributed by atoms with E-state index in [0.717, 1.165) is 18.4 Å². The van der Waals surface area contributed by atoms with Crippen molar-refractivity contribution < 1.29 is 9.32 Å². The fourth-order valence-electron chi connectivity index (χ4n) is 3.91. The molecule has 1 aromatic heterocycles. The number of hydrogen-bond acceptors (Lipinski definition) is 4. The molecule has 2 atom stereocenters. The Hall–Kier alpha value is -2.14. The van der Waals surface area contributed by atoms with Crippen molar-refractivity contribution in [2.24, 2.45) is 0 Å².